The summed E-state index contributed by atoms with van der Waals surface area (Å²) in [5.41, 5.74) is 9.23. The van der Waals surface area contributed by atoms with E-state index in [1.54, 1.807) is 0 Å². The van der Waals surface area contributed by atoms with E-state index in [0.717, 1.165) is 36.8 Å². The van der Waals surface area contributed by atoms with Gasteiger partial charge in [-0.2, -0.15) is 4.99 Å². The molecule has 2 heterocycles. The minimum absolute atomic E-state index is 0. The molecular weight excluding hydrogens is 423 g/mol. The molecule has 0 radical (unpaired) electrons. The van der Waals surface area contributed by atoms with E-state index in [0.29, 0.717) is 18.2 Å². The van der Waals surface area contributed by atoms with Crippen LogP contribution in [0, 0.1) is 0 Å². The number of benzene rings is 2. The molecule has 0 bridgehead atoms. The smallest absolute Gasteiger partial charge is 0.222 e. The number of anilines is 2. The minimum atomic E-state index is -0.448. The standard InChI is InChI=1S/C21H25ClN6O.ClH/c1-2-15-6-8-18(9-7-15)28-20(24-17-5-3-4-16(22)14-17)25-19(23)26-21(28)27-10-12-29-13-11-27;/h3-9,14,20,24H,2,10-13H2,1H3,(H2,23,25);1H. The summed E-state index contributed by atoms with van der Waals surface area (Å²) in [5, 5.41) is 4.09. The molecule has 0 amide bonds. The van der Waals surface area contributed by atoms with Crippen molar-refractivity contribution in [2.24, 2.45) is 15.7 Å². The predicted octanol–water partition coefficient (Wildman–Crippen LogP) is 3.54. The zero-order valence-corrected chi connectivity index (χ0v) is 18.4. The van der Waals surface area contributed by atoms with Crippen LogP contribution in [0.4, 0.5) is 11.4 Å². The molecule has 1 unspecified atom stereocenters. The molecule has 2 aromatic rings. The minimum Gasteiger partial charge on any atom is -0.378 e. The molecule has 1 fully saturated rings. The number of nitrogens with two attached hydrogens (primary N) is 1. The normalized spacial score (nSPS) is 18.9. The van der Waals surface area contributed by atoms with Crippen LogP contribution in [-0.4, -0.2) is 49.4 Å². The molecule has 3 N–H and O–H groups in total. The van der Waals surface area contributed by atoms with Gasteiger partial charge in [0, 0.05) is 29.5 Å². The van der Waals surface area contributed by atoms with Gasteiger partial charge in [0.15, 0.2) is 0 Å². The quantitative estimate of drug-likeness (QED) is 0.747. The highest BCUT2D eigenvalue weighted by Crippen LogP contribution is 2.26. The second-order valence-electron chi connectivity index (χ2n) is 6.92. The number of ether oxygens (including phenoxy) is 1. The number of nitrogens with one attached hydrogen (secondary N) is 1. The Kier molecular flexibility index (Phi) is 7.42. The molecule has 4 rings (SSSR count). The average molecular weight is 449 g/mol. The molecule has 160 valence electrons. The second-order valence-corrected chi connectivity index (χ2v) is 7.35. The summed E-state index contributed by atoms with van der Waals surface area (Å²) < 4.78 is 5.52. The van der Waals surface area contributed by atoms with Crippen molar-refractivity contribution in [3.8, 4) is 0 Å². The van der Waals surface area contributed by atoms with Crippen LogP contribution in [0.2, 0.25) is 5.02 Å². The molecular formula is C21H26Cl2N6O. The fraction of sp³-hybridized carbons (Fsp3) is 0.333. The zero-order valence-electron chi connectivity index (χ0n) is 16.8. The van der Waals surface area contributed by atoms with Gasteiger partial charge in [-0.15, -0.1) is 12.4 Å². The average Bonchev–Trinajstić information content (AvgIpc) is 2.74. The molecule has 7 nitrogen and oxygen atoms in total. The van der Waals surface area contributed by atoms with E-state index in [-0.39, 0.29) is 18.4 Å². The summed E-state index contributed by atoms with van der Waals surface area (Å²) in [7, 11) is 0. The Morgan fingerprint density at radius 2 is 1.90 bits per heavy atom. The van der Waals surface area contributed by atoms with Gasteiger partial charge in [-0.3, -0.25) is 4.90 Å². The van der Waals surface area contributed by atoms with E-state index in [9.17, 15) is 0 Å². The molecule has 0 aliphatic carbocycles. The van der Waals surface area contributed by atoms with Crippen LogP contribution in [0.5, 0.6) is 0 Å². The van der Waals surface area contributed by atoms with Crippen molar-refractivity contribution in [1.29, 1.82) is 0 Å². The van der Waals surface area contributed by atoms with Crippen molar-refractivity contribution in [2.45, 2.75) is 19.6 Å². The van der Waals surface area contributed by atoms with E-state index in [4.69, 9.17) is 22.1 Å². The van der Waals surface area contributed by atoms with Crippen molar-refractivity contribution >= 4 is 47.3 Å². The monoisotopic (exact) mass is 448 g/mol. The Labute approximate surface area is 188 Å². The maximum Gasteiger partial charge on any atom is 0.222 e. The molecule has 0 aromatic heterocycles. The molecule has 1 atom stereocenters. The highest BCUT2D eigenvalue weighted by molar-refractivity contribution is 6.30. The van der Waals surface area contributed by atoms with Gasteiger partial charge in [0.05, 0.1) is 13.2 Å². The van der Waals surface area contributed by atoms with Gasteiger partial charge < -0.3 is 20.7 Å². The Bertz CT molecular complexity index is 912. The maximum absolute atomic E-state index is 6.17. The lowest BCUT2D eigenvalue weighted by Crippen LogP contribution is -2.57. The molecule has 2 aliphatic rings. The topological polar surface area (TPSA) is 78.5 Å². The molecule has 2 aliphatic heterocycles. The van der Waals surface area contributed by atoms with Crippen LogP contribution in [0.25, 0.3) is 0 Å². The van der Waals surface area contributed by atoms with Crippen LogP contribution in [0.3, 0.4) is 0 Å². The van der Waals surface area contributed by atoms with Crippen LogP contribution in [0.15, 0.2) is 58.5 Å². The third-order valence-electron chi connectivity index (χ3n) is 4.97. The summed E-state index contributed by atoms with van der Waals surface area (Å²) in [6.07, 6.45) is 0.538. The summed E-state index contributed by atoms with van der Waals surface area (Å²) in [6, 6.07) is 16.0. The first-order valence-corrected chi connectivity index (χ1v) is 10.2. The maximum atomic E-state index is 6.17. The third kappa shape index (κ3) is 4.98. The Hall–Kier alpha value is -2.48. The van der Waals surface area contributed by atoms with Crippen molar-refractivity contribution in [3.63, 3.8) is 0 Å². The SMILES string of the molecule is CCc1ccc(N2C(N3CCOCC3)=NC(N)=NC2Nc2cccc(Cl)c2)cc1.Cl. The van der Waals surface area contributed by atoms with Gasteiger partial charge in [-0.25, -0.2) is 4.99 Å². The Morgan fingerprint density at radius 3 is 2.57 bits per heavy atom. The van der Waals surface area contributed by atoms with Gasteiger partial charge in [0.25, 0.3) is 0 Å². The molecule has 0 saturated carbocycles. The highest BCUT2D eigenvalue weighted by Gasteiger charge is 2.32. The summed E-state index contributed by atoms with van der Waals surface area (Å²) in [5.74, 6) is 1.01. The first-order chi connectivity index (χ1) is 14.1. The van der Waals surface area contributed by atoms with Gasteiger partial charge in [0.2, 0.25) is 18.2 Å². The predicted molar refractivity (Wildman–Crippen MR) is 126 cm³/mol. The highest BCUT2D eigenvalue weighted by atomic mass is 35.5. The first-order valence-electron chi connectivity index (χ1n) is 9.79. The number of hydrogen-bond donors (Lipinski definition) is 2. The van der Waals surface area contributed by atoms with E-state index in [1.165, 1.54) is 5.56 Å². The van der Waals surface area contributed by atoms with Crippen LogP contribution in [0.1, 0.15) is 12.5 Å². The molecule has 30 heavy (non-hydrogen) atoms. The van der Waals surface area contributed by atoms with E-state index in [2.05, 4.69) is 56.3 Å². The van der Waals surface area contributed by atoms with Gasteiger partial charge in [-0.05, 0) is 42.3 Å². The summed E-state index contributed by atoms with van der Waals surface area (Å²) in [6.45, 7) is 4.96. The number of morpholine rings is 1. The Morgan fingerprint density at radius 1 is 1.17 bits per heavy atom. The molecule has 0 spiro atoms. The number of nitrogens with zero attached hydrogens (tertiary/aromatic N) is 4. The lowest BCUT2D eigenvalue weighted by atomic mass is 10.1. The number of aryl methyl sites for hydroxylation is 1. The summed E-state index contributed by atoms with van der Waals surface area (Å²) in [4.78, 5) is 13.4. The van der Waals surface area contributed by atoms with Gasteiger partial charge in [-0.1, -0.05) is 36.7 Å². The fourth-order valence-corrected chi connectivity index (χ4v) is 3.63. The number of hydrogen-bond acceptors (Lipinski definition) is 7. The molecule has 2 aromatic carbocycles. The zero-order chi connectivity index (χ0) is 20.2. The second kappa shape index (κ2) is 10.0. The van der Waals surface area contributed by atoms with Crippen molar-refractivity contribution in [1.82, 2.24) is 4.90 Å². The van der Waals surface area contributed by atoms with Gasteiger partial charge in [0.1, 0.15) is 0 Å². The largest absolute Gasteiger partial charge is 0.378 e. The van der Waals surface area contributed by atoms with Gasteiger partial charge >= 0.3 is 0 Å². The molecule has 1 saturated heterocycles. The Balaban J connectivity index is 0.00000256. The summed E-state index contributed by atoms with van der Waals surface area (Å²) >= 11 is 6.17. The number of halogens is 2. The number of rotatable bonds is 4. The van der Waals surface area contributed by atoms with Crippen molar-refractivity contribution < 1.29 is 4.74 Å². The lowest BCUT2D eigenvalue weighted by molar-refractivity contribution is 0.0671. The van der Waals surface area contributed by atoms with Crippen LogP contribution >= 0.6 is 24.0 Å². The fourth-order valence-electron chi connectivity index (χ4n) is 3.44. The first kappa shape index (κ1) is 22.2. The van der Waals surface area contributed by atoms with Crippen LogP contribution < -0.4 is 16.0 Å². The molecule has 9 heteroatoms. The van der Waals surface area contributed by atoms with Crippen molar-refractivity contribution in [3.05, 3.63) is 59.1 Å². The third-order valence-corrected chi connectivity index (χ3v) is 5.20. The van der Waals surface area contributed by atoms with Crippen molar-refractivity contribution in [2.75, 3.05) is 36.5 Å². The van der Waals surface area contributed by atoms with Crippen LogP contribution in [-0.2, 0) is 11.2 Å². The number of guanidine groups is 2. The number of aliphatic imine (C=N–C) groups is 2. The van der Waals surface area contributed by atoms with E-state index < -0.39 is 6.29 Å². The van der Waals surface area contributed by atoms with E-state index in [1.807, 2.05) is 24.3 Å². The van der Waals surface area contributed by atoms with E-state index >= 15 is 0 Å². The lowest BCUT2D eigenvalue weighted by Gasteiger charge is -2.41.